The Kier molecular flexibility index (Phi) is 4.59. The number of hydrogen-bond acceptors (Lipinski definition) is 1. The second kappa shape index (κ2) is 6.40. The van der Waals surface area contributed by atoms with Crippen molar-refractivity contribution in [1.82, 2.24) is 0 Å². The lowest BCUT2D eigenvalue weighted by atomic mass is 9.81. The number of nitriles is 1. The van der Waals surface area contributed by atoms with E-state index in [1.807, 2.05) is 12.1 Å². The van der Waals surface area contributed by atoms with Gasteiger partial charge in [0.2, 0.25) is 0 Å². The molecule has 0 atom stereocenters. The summed E-state index contributed by atoms with van der Waals surface area (Å²) in [6, 6.07) is 10.3. The highest BCUT2D eigenvalue weighted by Gasteiger charge is 2.17. The van der Waals surface area contributed by atoms with Crippen LogP contribution in [0.5, 0.6) is 0 Å². The summed E-state index contributed by atoms with van der Waals surface area (Å²) in [6.45, 7) is 2.24. The fraction of sp³-hybridized carbons (Fsp3) is 0.471. The molecule has 1 heteroatoms. The molecule has 0 spiro atoms. The van der Waals surface area contributed by atoms with Gasteiger partial charge in [-0.15, -0.1) is 0 Å². The second-order valence-electron chi connectivity index (χ2n) is 5.16. The number of benzene rings is 1. The first-order valence-corrected chi connectivity index (χ1v) is 7.01. The first-order valence-electron chi connectivity index (χ1n) is 7.01. The average molecular weight is 239 g/mol. The van der Waals surface area contributed by atoms with Crippen LogP contribution in [0.15, 0.2) is 35.9 Å². The van der Waals surface area contributed by atoms with E-state index in [1.165, 1.54) is 44.1 Å². The summed E-state index contributed by atoms with van der Waals surface area (Å²) >= 11 is 0. The summed E-state index contributed by atoms with van der Waals surface area (Å²) in [6.07, 6.45) is 9.96. The van der Waals surface area contributed by atoms with Crippen LogP contribution in [0.4, 0.5) is 0 Å². The molecule has 1 aliphatic rings. The number of unbranched alkanes of at least 4 members (excludes halogenated alkanes) is 1. The molecule has 1 aromatic rings. The summed E-state index contributed by atoms with van der Waals surface area (Å²) < 4.78 is 0. The van der Waals surface area contributed by atoms with Crippen molar-refractivity contribution in [2.24, 2.45) is 0 Å². The molecule has 0 unspecified atom stereocenters. The van der Waals surface area contributed by atoms with Crippen molar-refractivity contribution in [1.29, 1.82) is 5.26 Å². The Morgan fingerprint density at radius 1 is 1.22 bits per heavy atom. The highest BCUT2D eigenvalue weighted by molar-refractivity contribution is 5.33. The van der Waals surface area contributed by atoms with Crippen molar-refractivity contribution < 1.29 is 0 Å². The molecule has 0 saturated heterocycles. The lowest BCUT2D eigenvalue weighted by Crippen LogP contribution is -2.06. The molecule has 1 nitrogen and oxygen atoms in total. The molecule has 0 aromatic heterocycles. The van der Waals surface area contributed by atoms with E-state index < -0.39 is 0 Å². The van der Waals surface area contributed by atoms with E-state index in [-0.39, 0.29) is 0 Å². The van der Waals surface area contributed by atoms with Gasteiger partial charge >= 0.3 is 0 Å². The first-order chi connectivity index (χ1) is 8.83. The molecule has 0 radical (unpaired) electrons. The molecular formula is C17H21N. The Bertz CT molecular complexity index is 437. The molecule has 0 aliphatic heterocycles. The van der Waals surface area contributed by atoms with E-state index in [9.17, 15) is 0 Å². The first kappa shape index (κ1) is 12.9. The molecule has 94 valence electrons. The summed E-state index contributed by atoms with van der Waals surface area (Å²) in [5.41, 5.74) is 3.82. The third-order valence-electron chi connectivity index (χ3n) is 3.86. The van der Waals surface area contributed by atoms with Gasteiger partial charge < -0.3 is 0 Å². The minimum Gasteiger partial charge on any atom is -0.192 e. The van der Waals surface area contributed by atoms with Gasteiger partial charge in [-0.3, -0.25) is 0 Å². The van der Waals surface area contributed by atoms with Gasteiger partial charge in [0.15, 0.2) is 0 Å². The number of allylic oxidation sites excluding steroid dienone is 2. The standard InChI is InChI=1S/C17H21N/c1-2-3-4-14-5-9-16(10-6-14)17-11-7-15(13-18)8-12-17/h4,7-8,11-12,16H,2-3,5-6,9-10H2,1H3. The number of hydrogen-bond donors (Lipinski definition) is 0. The number of rotatable bonds is 3. The molecule has 2 rings (SSSR count). The Balaban J connectivity index is 1.95. The third-order valence-corrected chi connectivity index (χ3v) is 3.86. The quantitative estimate of drug-likeness (QED) is 0.685. The Hall–Kier alpha value is -1.55. The zero-order valence-electron chi connectivity index (χ0n) is 11.2. The third kappa shape index (κ3) is 3.23. The fourth-order valence-electron chi connectivity index (χ4n) is 2.70. The minimum atomic E-state index is 0.691. The molecule has 1 aromatic carbocycles. The van der Waals surface area contributed by atoms with Gasteiger partial charge in [-0.25, -0.2) is 0 Å². The summed E-state index contributed by atoms with van der Waals surface area (Å²) in [5, 5.41) is 8.80. The summed E-state index contributed by atoms with van der Waals surface area (Å²) in [5.74, 6) is 0.691. The van der Waals surface area contributed by atoms with Gasteiger partial charge in [-0.05, 0) is 55.7 Å². The normalized spacial score (nSPS) is 19.3. The van der Waals surface area contributed by atoms with Crippen molar-refractivity contribution in [2.45, 2.75) is 51.4 Å². The molecule has 1 aliphatic carbocycles. The maximum absolute atomic E-state index is 8.80. The van der Waals surface area contributed by atoms with E-state index in [2.05, 4.69) is 31.2 Å². The summed E-state index contributed by atoms with van der Waals surface area (Å²) in [4.78, 5) is 0. The lowest BCUT2D eigenvalue weighted by molar-refractivity contribution is 0.515. The van der Waals surface area contributed by atoms with Crippen LogP contribution in [0.3, 0.4) is 0 Å². The predicted octanol–water partition coefficient (Wildman–Crippen LogP) is 4.94. The van der Waals surface area contributed by atoms with Crippen LogP contribution in [0.1, 0.15) is 62.5 Å². The highest BCUT2D eigenvalue weighted by atomic mass is 14.2. The van der Waals surface area contributed by atoms with Gasteiger partial charge in [0.25, 0.3) is 0 Å². The Labute approximate surface area is 110 Å². The maximum atomic E-state index is 8.80. The maximum Gasteiger partial charge on any atom is 0.0991 e. The Morgan fingerprint density at radius 3 is 2.44 bits per heavy atom. The van der Waals surface area contributed by atoms with Gasteiger partial charge in [-0.1, -0.05) is 37.1 Å². The zero-order chi connectivity index (χ0) is 12.8. The summed E-state index contributed by atoms with van der Waals surface area (Å²) in [7, 11) is 0. The molecular weight excluding hydrogens is 218 g/mol. The Morgan fingerprint density at radius 2 is 1.89 bits per heavy atom. The van der Waals surface area contributed by atoms with Gasteiger partial charge in [-0.2, -0.15) is 5.26 Å². The topological polar surface area (TPSA) is 23.8 Å². The van der Waals surface area contributed by atoms with E-state index in [4.69, 9.17) is 5.26 Å². The van der Waals surface area contributed by atoms with Crippen molar-refractivity contribution in [2.75, 3.05) is 0 Å². The number of nitrogens with zero attached hydrogens (tertiary/aromatic N) is 1. The van der Waals surface area contributed by atoms with E-state index >= 15 is 0 Å². The zero-order valence-corrected chi connectivity index (χ0v) is 11.2. The lowest BCUT2D eigenvalue weighted by Gasteiger charge is -2.24. The fourth-order valence-corrected chi connectivity index (χ4v) is 2.70. The molecule has 0 heterocycles. The second-order valence-corrected chi connectivity index (χ2v) is 5.16. The SMILES string of the molecule is CCCC=C1CCC(c2ccc(C#N)cc2)CC1. The molecule has 0 N–H and O–H groups in total. The van der Waals surface area contributed by atoms with Crippen molar-refractivity contribution >= 4 is 0 Å². The van der Waals surface area contributed by atoms with Crippen molar-refractivity contribution in [3.05, 3.63) is 47.0 Å². The van der Waals surface area contributed by atoms with Crippen LogP contribution < -0.4 is 0 Å². The van der Waals surface area contributed by atoms with Crippen LogP contribution in [0.2, 0.25) is 0 Å². The van der Waals surface area contributed by atoms with Gasteiger partial charge in [0, 0.05) is 0 Å². The van der Waals surface area contributed by atoms with E-state index in [0.29, 0.717) is 5.92 Å². The van der Waals surface area contributed by atoms with Crippen LogP contribution in [0, 0.1) is 11.3 Å². The monoisotopic (exact) mass is 239 g/mol. The van der Waals surface area contributed by atoms with Crippen LogP contribution in [-0.2, 0) is 0 Å². The van der Waals surface area contributed by atoms with Crippen molar-refractivity contribution in [3.63, 3.8) is 0 Å². The van der Waals surface area contributed by atoms with Gasteiger partial charge in [0.1, 0.15) is 0 Å². The van der Waals surface area contributed by atoms with E-state index in [0.717, 1.165) is 5.56 Å². The molecule has 1 fully saturated rings. The molecule has 0 amide bonds. The van der Waals surface area contributed by atoms with Gasteiger partial charge in [0.05, 0.1) is 11.6 Å². The predicted molar refractivity (Wildman–Crippen MR) is 75.4 cm³/mol. The molecule has 18 heavy (non-hydrogen) atoms. The largest absolute Gasteiger partial charge is 0.192 e. The average Bonchev–Trinajstić information content (AvgIpc) is 2.46. The van der Waals surface area contributed by atoms with Crippen LogP contribution >= 0.6 is 0 Å². The molecule has 1 saturated carbocycles. The van der Waals surface area contributed by atoms with Crippen LogP contribution in [-0.4, -0.2) is 0 Å². The van der Waals surface area contributed by atoms with Crippen molar-refractivity contribution in [3.8, 4) is 6.07 Å². The smallest absolute Gasteiger partial charge is 0.0991 e. The minimum absolute atomic E-state index is 0.691. The highest BCUT2D eigenvalue weighted by Crippen LogP contribution is 2.35. The van der Waals surface area contributed by atoms with E-state index in [1.54, 1.807) is 5.57 Å². The molecule has 0 bridgehead atoms. The van der Waals surface area contributed by atoms with Crippen LogP contribution in [0.25, 0.3) is 0 Å².